The standard InChI is InChI=1S/C20H16ClN3O5S/c1-29-19(27)14-4-2-3-12(9-14)11-24-17(21)16(30-20(24)28)10-22-23-18(26)13-5-7-15(25)8-6-13/h2-10,25H,11H2,1H3,(H,23,26). The van der Waals surface area contributed by atoms with Gasteiger partial charge < -0.3 is 9.84 Å². The fourth-order valence-electron chi connectivity index (χ4n) is 2.54. The van der Waals surface area contributed by atoms with Crippen LogP contribution in [0.2, 0.25) is 5.15 Å². The van der Waals surface area contributed by atoms with Crippen LogP contribution in [-0.4, -0.2) is 34.9 Å². The van der Waals surface area contributed by atoms with E-state index in [0.717, 1.165) is 11.3 Å². The van der Waals surface area contributed by atoms with Gasteiger partial charge in [0.25, 0.3) is 5.91 Å². The molecule has 2 N–H and O–H groups in total. The maximum atomic E-state index is 12.3. The lowest BCUT2D eigenvalue weighted by molar-refractivity contribution is 0.0600. The highest BCUT2D eigenvalue weighted by Gasteiger charge is 2.13. The van der Waals surface area contributed by atoms with Crippen LogP contribution in [0, 0.1) is 0 Å². The van der Waals surface area contributed by atoms with Gasteiger partial charge in [-0.05, 0) is 42.0 Å². The van der Waals surface area contributed by atoms with E-state index >= 15 is 0 Å². The number of benzene rings is 2. The first-order valence-corrected chi connectivity index (χ1v) is 9.77. The van der Waals surface area contributed by atoms with Crippen molar-refractivity contribution in [2.75, 3.05) is 7.11 Å². The van der Waals surface area contributed by atoms with Crippen LogP contribution in [-0.2, 0) is 11.3 Å². The first-order valence-electron chi connectivity index (χ1n) is 8.58. The number of hydrogen-bond donors (Lipinski definition) is 2. The Hall–Kier alpha value is -3.43. The summed E-state index contributed by atoms with van der Waals surface area (Å²) in [6.07, 6.45) is 1.29. The number of methoxy groups -OCH3 is 1. The summed E-state index contributed by atoms with van der Waals surface area (Å²) in [6, 6.07) is 12.4. The highest BCUT2D eigenvalue weighted by atomic mass is 35.5. The number of nitrogens with one attached hydrogen (secondary N) is 1. The molecule has 0 radical (unpaired) electrons. The Bertz CT molecular complexity index is 1170. The average Bonchev–Trinajstić information content (AvgIpc) is 3.01. The molecule has 0 aliphatic carbocycles. The summed E-state index contributed by atoms with van der Waals surface area (Å²) in [5.41, 5.74) is 3.71. The van der Waals surface area contributed by atoms with E-state index in [1.165, 1.54) is 42.2 Å². The zero-order valence-electron chi connectivity index (χ0n) is 15.7. The van der Waals surface area contributed by atoms with Crippen LogP contribution in [0.1, 0.15) is 31.2 Å². The topological polar surface area (TPSA) is 110 Å². The third-order valence-electron chi connectivity index (χ3n) is 4.02. The molecule has 0 saturated heterocycles. The van der Waals surface area contributed by atoms with Crippen molar-refractivity contribution in [1.82, 2.24) is 9.99 Å². The molecule has 3 rings (SSSR count). The molecule has 0 unspecified atom stereocenters. The first-order chi connectivity index (χ1) is 14.4. The molecule has 0 atom stereocenters. The van der Waals surface area contributed by atoms with Crippen LogP contribution >= 0.6 is 22.9 Å². The molecule has 2 aromatic carbocycles. The number of phenolic OH excluding ortho intramolecular Hbond substituents is 1. The number of halogens is 1. The molecule has 1 heterocycles. The number of ether oxygens (including phenoxy) is 1. The summed E-state index contributed by atoms with van der Waals surface area (Å²) in [6.45, 7) is 0.159. The van der Waals surface area contributed by atoms with Crippen LogP contribution < -0.4 is 10.3 Å². The SMILES string of the molecule is COC(=O)c1cccc(Cn2c(Cl)c(C=NNC(=O)c3ccc(O)cc3)sc2=O)c1. The largest absolute Gasteiger partial charge is 0.508 e. The molecular weight excluding hydrogens is 430 g/mol. The van der Waals surface area contributed by atoms with E-state index in [0.29, 0.717) is 21.6 Å². The van der Waals surface area contributed by atoms with Gasteiger partial charge in [-0.25, -0.2) is 10.2 Å². The van der Waals surface area contributed by atoms with Gasteiger partial charge in [0.2, 0.25) is 0 Å². The van der Waals surface area contributed by atoms with Gasteiger partial charge in [0.15, 0.2) is 0 Å². The van der Waals surface area contributed by atoms with E-state index in [4.69, 9.17) is 16.3 Å². The number of amides is 1. The Labute approximate surface area is 180 Å². The minimum atomic E-state index is -0.478. The van der Waals surface area contributed by atoms with Gasteiger partial charge in [0.05, 0.1) is 30.3 Å². The summed E-state index contributed by atoms with van der Waals surface area (Å²) < 4.78 is 6.04. The fraction of sp³-hybridized carbons (Fsp3) is 0.100. The van der Waals surface area contributed by atoms with E-state index in [9.17, 15) is 19.5 Å². The predicted octanol–water partition coefficient (Wildman–Crippen LogP) is 2.87. The van der Waals surface area contributed by atoms with Crippen molar-refractivity contribution in [3.8, 4) is 5.75 Å². The molecule has 0 aliphatic heterocycles. The minimum absolute atomic E-state index is 0.0464. The molecule has 10 heteroatoms. The fourth-order valence-corrected chi connectivity index (χ4v) is 3.65. The van der Waals surface area contributed by atoms with Gasteiger partial charge in [-0.2, -0.15) is 5.10 Å². The Morgan fingerprint density at radius 1 is 1.23 bits per heavy atom. The third-order valence-corrected chi connectivity index (χ3v) is 5.46. The number of carbonyl (C=O) groups excluding carboxylic acids is 2. The molecule has 0 bridgehead atoms. The molecule has 30 heavy (non-hydrogen) atoms. The Kier molecular flexibility index (Phi) is 6.65. The number of phenols is 1. The van der Waals surface area contributed by atoms with Gasteiger partial charge in [-0.1, -0.05) is 35.1 Å². The number of hydrazone groups is 1. The summed E-state index contributed by atoms with van der Waals surface area (Å²) in [7, 11) is 1.29. The highest BCUT2D eigenvalue weighted by Crippen LogP contribution is 2.19. The number of aromatic hydroxyl groups is 1. The number of carbonyl (C=O) groups is 2. The van der Waals surface area contributed by atoms with E-state index < -0.39 is 11.9 Å². The molecule has 3 aromatic rings. The van der Waals surface area contributed by atoms with Crippen LogP contribution in [0.15, 0.2) is 58.4 Å². The summed E-state index contributed by atoms with van der Waals surface area (Å²) >= 11 is 7.18. The zero-order valence-corrected chi connectivity index (χ0v) is 17.2. The van der Waals surface area contributed by atoms with Gasteiger partial charge in [-0.15, -0.1) is 0 Å². The maximum absolute atomic E-state index is 12.3. The molecule has 0 saturated carbocycles. The van der Waals surface area contributed by atoms with Crippen molar-refractivity contribution >= 4 is 41.0 Å². The van der Waals surface area contributed by atoms with Crippen LogP contribution in [0.5, 0.6) is 5.75 Å². The summed E-state index contributed by atoms with van der Waals surface area (Å²) in [4.78, 5) is 36.1. The molecule has 8 nitrogen and oxygen atoms in total. The monoisotopic (exact) mass is 445 g/mol. The van der Waals surface area contributed by atoms with Crippen molar-refractivity contribution in [2.24, 2.45) is 5.10 Å². The van der Waals surface area contributed by atoms with Crippen LogP contribution in [0.25, 0.3) is 0 Å². The van der Waals surface area contributed by atoms with Crippen LogP contribution in [0.4, 0.5) is 0 Å². The van der Waals surface area contributed by atoms with Gasteiger partial charge in [0.1, 0.15) is 10.9 Å². The second kappa shape index (κ2) is 9.38. The number of esters is 1. The Balaban J connectivity index is 1.73. The second-order valence-electron chi connectivity index (χ2n) is 6.05. The van der Waals surface area contributed by atoms with Crippen molar-refractivity contribution in [1.29, 1.82) is 0 Å². The lowest BCUT2D eigenvalue weighted by atomic mass is 10.1. The first kappa shape index (κ1) is 21.3. The third kappa shape index (κ3) is 4.94. The minimum Gasteiger partial charge on any atom is -0.508 e. The maximum Gasteiger partial charge on any atom is 0.337 e. The Morgan fingerprint density at radius 2 is 1.97 bits per heavy atom. The van der Waals surface area contributed by atoms with E-state index in [2.05, 4.69) is 10.5 Å². The number of rotatable bonds is 6. The lowest BCUT2D eigenvalue weighted by Gasteiger charge is -2.06. The number of nitrogens with zero attached hydrogens (tertiary/aromatic N) is 2. The molecular formula is C20H16ClN3O5S. The highest BCUT2D eigenvalue weighted by molar-refractivity contribution is 7.11. The van der Waals surface area contributed by atoms with E-state index in [-0.39, 0.29) is 22.3 Å². The molecule has 0 spiro atoms. The number of thiazole rings is 1. The summed E-state index contributed by atoms with van der Waals surface area (Å²) in [5.74, 6) is -0.906. The normalized spacial score (nSPS) is 10.9. The zero-order chi connectivity index (χ0) is 21.7. The quantitative estimate of drug-likeness (QED) is 0.344. The van der Waals surface area contributed by atoms with Crippen molar-refractivity contribution in [3.63, 3.8) is 0 Å². The molecule has 154 valence electrons. The molecule has 0 fully saturated rings. The molecule has 1 amide bonds. The predicted molar refractivity (Wildman–Crippen MR) is 114 cm³/mol. The van der Waals surface area contributed by atoms with E-state index in [1.54, 1.807) is 24.3 Å². The molecule has 1 aromatic heterocycles. The molecule has 0 aliphatic rings. The van der Waals surface area contributed by atoms with Gasteiger partial charge >= 0.3 is 10.8 Å². The van der Waals surface area contributed by atoms with Crippen molar-refractivity contribution in [3.05, 3.63) is 84.9 Å². The number of hydrogen-bond acceptors (Lipinski definition) is 7. The van der Waals surface area contributed by atoms with Crippen molar-refractivity contribution in [2.45, 2.75) is 6.54 Å². The Morgan fingerprint density at radius 3 is 2.67 bits per heavy atom. The summed E-state index contributed by atoms with van der Waals surface area (Å²) in [5, 5.41) is 13.3. The lowest BCUT2D eigenvalue weighted by Crippen LogP contribution is -2.17. The van der Waals surface area contributed by atoms with Gasteiger partial charge in [-0.3, -0.25) is 14.2 Å². The van der Waals surface area contributed by atoms with Crippen LogP contribution in [0.3, 0.4) is 0 Å². The number of aromatic nitrogens is 1. The van der Waals surface area contributed by atoms with Gasteiger partial charge in [0, 0.05) is 5.56 Å². The second-order valence-corrected chi connectivity index (χ2v) is 7.40. The van der Waals surface area contributed by atoms with E-state index in [1.807, 2.05) is 0 Å². The smallest absolute Gasteiger partial charge is 0.337 e. The average molecular weight is 446 g/mol. The van der Waals surface area contributed by atoms with Crippen molar-refractivity contribution < 1.29 is 19.4 Å².